The fraction of sp³-hybridized carbons (Fsp3) is 0.462. The van der Waals surface area contributed by atoms with E-state index in [4.69, 9.17) is 16.2 Å². The molecule has 0 unspecified atom stereocenters. The van der Waals surface area contributed by atoms with Gasteiger partial charge in [0, 0.05) is 29.9 Å². The number of nitrogens with zero attached hydrogens (tertiary/aromatic N) is 1. The van der Waals surface area contributed by atoms with E-state index in [1.807, 2.05) is 23.1 Å². The van der Waals surface area contributed by atoms with Gasteiger partial charge in [0.1, 0.15) is 0 Å². The van der Waals surface area contributed by atoms with Gasteiger partial charge in [-0.1, -0.05) is 0 Å². The Labute approximate surface area is 106 Å². The highest BCUT2D eigenvalue weighted by atomic mass is 16.5. The lowest BCUT2D eigenvalue weighted by molar-refractivity contribution is -0.122. The van der Waals surface area contributed by atoms with Crippen molar-refractivity contribution in [3.05, 3.63) is 23.8 Å². The maximum atomic E-state index is 12.1. The lowest BCUT2D eigenvalue weighted by Gasteiger charge is -2.43. The molecule has 0 saturated carbocycles. The van der Waals surface area contributed by atoms with Crippen LogP contribution in [0.15, 0.2) is 18.2 Å². The fourth-order valence-corrected chi connectivity index (χ4v) is 2.58. The largest absolute Gasteiger partial charge is 0.399 e. The summed E-state index contributed by atoms with van der Waals surface area (Å²) in [4.78, 5) is 13.9. The number of nitrogen functional groups attached to an aromatic ring is 1. The minimum atomic E-state index is -0.0708. The highest BCUT2D eigenvalue weighted by molar-refractivity contribution is 6.01. The zero-order chi connectivity index (χ0) is 12.8. The van der Waals surface area contributed by atoms with Crippen LogP contribution in [0.3, 0.4) is 0 Å². The van der Waals surface area contributed by atoms with Crippen molar-refractivity contribution in [3.63, 3.8) is 0 Å². The van der Waals surface area contributed by atoms with Gasteiger partial charge in [-0.15, -0.1) is 0 Å². The minimum absolute atomic E-state index is 0.0708. The summed E-state index contributed by atoms with van der Waals surface area (Å²) in [6.07, 6.45) is 0.432. The molecule has 0 bridgehead atoms. The number of hydrogen-bond acceptors (Lipinski definition) is 4. The van der Waals surface area contributed by atoms with Crippen molar-refractivity contribution in [2.75, 3.05) is 36.9 Å². The number of benzene rings is 1. The van der Waals surface area contributed by atoms with Crippen LogP contribution in [0.2, 0.25) is 0 Å². The van der Waals surface area contributed by atoms with Crippen LogP contribution in [0, 0.1) is 5.41 Å². The van der Waals surface area contributed by atoms with Gasteiger partial charge >= 0.3 is 0 Å². The molecule has 0 spiro atoms. The molecule has 1 amide bonds. The predicted molar refractivity (Wildman–Crippen MR) is 69.2 cm³/mol. The number of fused-ring (bicyclic) bond motifs is 1. The van der Waals surface area contributed by atoms with E-state index >= 15 is 0 Å². The van der Waals surface area contributed by atoms with Gasteiger partial charge in [0.15, 0.2) is 0 Å². The van der Waals surface area contributed by atoms with Gasteiger partial charge in [0.05, 0.1) is 19.6 Å². The second-order valence-electron chi connectivity index (χ2n) is 5.24. The Bertz CT molecular complexity index is 491. The summed E-state index contributed by atoms with van der Waals surface area (Å²) >= 11 is 0. The third-order valence-corrected chi connectivity index (χ3v) is 3.78. The van der Waals surface area contributed by atoms with Crippen molar-refractivity contribution < 1.29 is 9.53 Å². The number of amides is 1. The summed E-state index contributed by atoms with van der Waals surface area (Å²) in [5.74, 6) is 0.121. The highest BCUT2D eigenvalue weighted by Gasteiger charge is 2.42. The Hall–Kier alpha value is -1.59. The van der Waals surface area contributed by atoms with Crippen molar-refractivity contribution >= 4 is 17.3 Å². The normalized spacial score (nSPS) is 20.7. The average molecular weight is 247 g/mol. The quantitative estimate of drug-likeness (QED) is 0.744. The van der Waals surface area contributed by atoms with Crippen LogP contribution in [-0.2, 0) is 16.0 Å². The smallest absolute Gasteiger partial charge is 0.231 e. The van der Waals surface area contributed by atoms with Crippen LogP contribution in [0.1, 0.15) is 5.56 Å². The van der Waals surface area contributed by atoms with E-state index in [0.29, 0.717) is 38.4 Å². The van der Waals surface area contributed by atoms with Crippen molar-refractivity contribution in [2.45, 2.75) is 6.42 Å². The molecule has 18 heavy (non-hydrogen) atoms. The summed E-state index contributed by atoms with van der Waals surface area (Å²) in [7, 11) is 0. The van der Waals surface area contributed by atoms with Gasteiger partial charge in [0.2, 0.25) is 5.91 Å². The average Bonchev–Trinajstić information content (AvgIpc) is 2.59. The number of ether oxygens (including phenoxy) is 1. The number of carbonyl (C=O) groups excluding carboxylic acids is 1. The summed E-state index contributed by atoms with van der Waals surface area (Å²) in [5.41, 5.74) is 14.1. The maximum absolute atomic E-state index is 12.1. The van der Waals surface area contributed by atoms with Gasteiger partial charge in [-0.2, -0.15) is 0 Å². The monoisotopic (exact) mass is 247 g/mol. The molecule has 0 atom stereocenters. The molecule has 2 heterocycles. The molecule has 1 saturated heterocycles. The summed E-state index contributed by atoms with van der Waals surface area (Å²) in [5, 5.41) is 0. The summed E-state index contributed by atoms with van der Waals surface area (Å²) in [6, 6.07) is 5.62. The van der Waals surface area contributed by atoms with E-state index in [9.17, 15) is 4.79 Å². The molecule has 0 aromatic heterocycles. The van der Waals surface area contributed by atoms with Crippen molar-refractivity contribution in [1.29, 1.82) is 0 Å². The minimum Gasteiger partial charge on any atom is -0.399 e. The van der Waals surface area contributed by atoms with Crippen molar-refractivity contribution in [1.82, 2.24) is 0 Å². The third kappa shape index (κ3) is 1.67. The molecule has 2 aliphatic rings. The molecule has 0 aliphatic carbocycles. The van der Waals surface area contributed by atoms with E-state index in [1.54, 1.807) is 0 Å². The van der Waals surface area contributed by atoms with Crippen molar-refractivity contribution in [3.8, 4) is 0 Å². The number of carbonyl (C=O) groups is 1. The zero-order valence-corrected chi connectivity index (χ0v) is 10.2. The standard InChI is InChI=1S/C13H17N3O2/c14-5-13(7-18-8-13)6-16-11-2-1-10(15)3-9(11)4-12(16)17/h1-3H,4-8,14-15H2. The van der Waals surface area contributed by atoms with Gasteiger partial charge in [-0.3, -0.25) is 4.79 Å². The Balaban J connectivity index is 1.87. The molecule has 4 N–H and O–H groups in total. The molecule has 1 fully saturated rings. The number of nitrogens with two attached hydrogens (primary N) is 2. The first-order valence-electron chi connectivity index (χ1n) is 6.10. The van der Waals surface area contributed by atoms with E-state index in [1.165, 1.54) is 0 Å². The van der Waals surface area contributed by atoms with Crippen LogP contribution >= 0.6 is 0 Å². The lowest BCUT2D eigenvalue weighted by Crippen LogP contribution is -2.55. The van der Waals surface area contributed by atoms with Gasteiger partial charge in [-0.25, -0.2) is 0 Å². The fourth-order valence-electron chi connectivity index (χ4n) is 2.58. The predicted octanol–water partition coefficient (Wildman–Crippen LogP) is 0.133. The molecule has 1 aromatic carbocycles. The first-order chi connectivity index (χ1) is 8.63. The van der Waals surface area contributed by atoms with E-state index in [2.05, 4.69) is 0 Å². The molecule has 0 radical (unpaired) electrons. The lowest BCUT2D eigenvalue weighted by atomic mass is 9.85. The molecule has 5 heteroatoms. The Morgan fingerprint density at radius 3 is 2.78 bits per heavy atom. The number of rotatable bonds is 3. The maximum Gasteiger partial charge on any atom is 0.231 e. The molecule has 3 rings (SSSR count). The van der Waals surface area contributed by atoms with E-state index < -0.39 is 0 Å². The summed E-state index contributed by atoms with van der Waals surface area (Å²) < 4.78 is 5.24. The molecular weight excluding hydrogens is 230 g/mol. The number of hydrogen-bond donors (Lipinski definition) is 2. The van der Waals surface area contributed by atoms with Gasteiger partial charge in [0.25, 0.3) is 0 Å². The molecule has 96 valence electrons. The highest BCUT2D eigenvalue weighted by Crippen LogP contribution is 2.35. The van der Waals surface area contributed by atoms with Crippen LogP contribution < -0.4 is 16.4 Å². The van der Waals surface area contributed by atoms with Gasteiger partial charge in [-0.05, 0) is 23.8 Å². The summed E-state index contributed by atoms with van der Waals surface area (Å²) in [6.45, 7) is 2.45. The molecule has 5 nitrogen and oxygen atoms in total. The second-order valence-corrected chi connectivity index (χ2v) is 5.24. The van der Waals surface area contributed by atoms with Crippen molar-refractivity contribution in [2.24, 2.45) is 11.1 Å². The Morgan fingerprint density at radius 2 is 2.17 bits per heavy atom. The third-order valence-electron chi connectivity index (χ3n) is 3.78. The Morgan fingerprint density at radius 1 is 1.39 bits per heavy atom. The van der Waals surface area contributed by atoms with Crippen LogP contribution in [0.5, 0.6) is 0 Å². The molecular formula is C13H17N3O2. The first-order valence-corrected chi connectivity index (χ1v) is 6.10. The molecule has 2 aliphatic heterocycles. The van der Waals surface area contributed by atoms with Gasteiger partial charge < -0.3 is 21.1 Å². The van der Waals surface area contributed by atoms with E-state index in [-0.39, 0.29) is 11.3 Å². The number of anilines is 2. The SMILES string of the molecule is NCC1(CN2C(=O)Cc3cc(N)ccc32)COC1. The molecule has 1 aromatic rings. The topological polar surface area (TPSA) is 81.6 Å². The van der Waals surface area contributed by atoms with Crippen LogP contribution in [-0.4, -0.2) is 32.2 Å². The van der Waals surface area contributed by atoms with E-state index in [0.717, 1.165) is 11.3 Å². The second kappa shape index (κ2) is 3.96. The first kappa shape index (κ1) is 11.5. The van der Waals surface area contributed by atoms with Crippen LogP contribution in [0.4, 0.5) is 11.4 Å². The Kier molecular flexibility index (Phi) is 2.53. The van der Waals surface area contributed by atoms with Crippen LogP contribution in [0.25, 0.3) is 0 Å². The zero-order valence-electron chi connectivity index (χ0n) is 10.2.